The van der Waals surface area contributed by atoms with Crippen LogP contribution in [0, 0.1) is 0 Å². The van der Waals surface area contributed by atoms with Gasteiger partial charge in [0.1, 0.15) is 13.2 Å². The van der Waals surface area contributed by atoms with Crippen LogP contribution >= 0.6 is 0 Å². The number of rotatable bonds is 71. The maximum absolute atomic E-state index is 12.9. The molecule has 0 saturated heterocycles. The van der Waals surface area contributed by atoms with Gasteiger partial charge in [0.05, 0.1) is 40.3 Å². The number of hydrogen-bond donors (Lipinski definition) is 0. The molecule has 0 spiro atoms. The van der Waals surface area contributed by atoms with E-state index in [0.29, 0.717) is 17.4 Å². The van der Waals surface area contributed by atoms with Crippen LogP contribution in [0.5, 0.6) is 0 Å². The van der Waals surface area contributed by atoms with Gasteiger partial charge < -0.3 is 33.3 Å². The van der Waals surface area contributed by atoms with Crippen molar-refractivity contribution in [2.45, 2.75) is 392 Å². The smallest absolute Gasteiger partial charge is 0.306 e. The van der Waals surface area contributed by atoms with Crippen LogP contribution in [0.2, 0.25) is 0 Å². The summed E-state index contributed by atoms with van der Waals surface area (Å²) in [5.74, 6) is -2.25. The van der Waals surface area contributed by atoms with Crippen molar-refractivity contribution in [3.05, 3.63) is 36.5 Å². The highest BCUT2D eigenvalue weighted by Gasteiger charge is 2.22. The molecule has 86 heavy (non-hydrogen) atoms. The lowest BCUT2D eigenvalue weighted by atomic mass is 10.0. The standard InChI is InChI=1S/C77H145NO8/c1-6-8-10-12-14-16-18-20-22-24-26-28-29-30-31-32-33-34-35-36-37-38-39-40-41-42-43-44-45-46-47-48-50-52-54-56-58-60-62-64-66-68-75(80)86-73(72-85-77(76(81)82)83-70-69-78(3,4)5)71-84-74(79)67-65-63-61-59-57-55-53-51-49-27-25-23-21-19-17-15-13-11-9-7-2/h18,20,24,26,29-30,73,77H,6-17,19,21-23,25,27-28,31-72H2,1-5H3/b20-18-,26-24-,30-29-. The van der Waals surface area contributed by atoms with Crippen LogP contribution in [0.4, 0.5) is 0 Å². The van der Waals surface area contributed by atoms with Crippen LogP contribution < -0.4 is 5.11 Å². The van der Waals surface area contributed by atoms with Gasteiger partial charge in [-0.3, -0.25) is 9.59 Å². The fourth-order valence-corrected chi connectivity index (χ4v) is 11.4. The topological polar surface area (TPSA) is 111 Å². The average molecular weight is 1210 g/mol. The summed E-state index contributed by atoms with van der Waals surface area (Å²) in [4.78, 5) is 37.5. The van der Waals surface area contributed by atoms with Crippen molar-refractivity contribution in [2.24, 2.45) is 0 Å². The van der Waals surface area contributed by atoms with E-state index in [0.717, 1.165) is 51.4 Å². The molecule has 0 amide bonds. The summed E-state index contributed by atoms with van der Waals surface area (Å²) < 4.78 is 22.8. The number of allylic oxidation sites excluding steroid dienone is 6. The molecule has 9 nitrogen and oxygen atoms in total. The summed E-state index contributed by atoms with van der Waals surface area (Å²) in [6.45, 7) is 4.81. The van der Waals surface area contributed by atoms with Gasteiger partial charge in [-0.2, -0.15) is 0 Å². The highest BCUT2D eigenvalue weighted by atomic mass is 16.7. The van der Waals surface area contributed by atoms with Gasteiger partial charge in [-0.1, -0.05) is 352 Å². The monoisotopic (exact) mass is 1210 g/mol. The van der Waals surface area contributed by atoms with Crippen LogP contribution in [-0.4, -0.2) is 82.3 Å². The number of carboxylic acids is 1. The third-order valence-corrected chi connectivity index (χ3v) is 17.1. The van der Waals surface area contributed by atoms with Gasteiger partial charge in [-0.05, 0) is 51.4 Å². The molecule has 0 aliphatic rings. The molecule has 0 N–H and O–H groups in total. The predicted molar refractivity (Wildman–Crippen MR) is 366 cm³/mol. The highest BCUT2D eigenvalue weighted by molar-refractivity contribution is 5.70. The first kappa shape index (κ1) is 83.5. The lowest BCUT2D eigenvalue weighted by Crippen LogP contribution is -2.44. The molecule has 0 saturated carbocycles. The Hall–Kier alpha value is -2.49. The van der Waals surface area contributed by atoms with E-state index >= 15 is 0 Å². The van der Waals surface area contributed by atoms with Gasteiger partial charge in [0.25, 0.3) is 0 Å². The van der Waals surface area contributed by atoms with Crippen LogP contribution in [0.3, 0.4) is 0 Å². The van der Waals surface area contributed by atoms with Gasteiger partial charge in [0.2, 0.25) is 0 Å². The molecule has 2 atom stereocenters. The molecule has 0 aromatic heterocycles. The fraction of sp³-hybridized carbons (Fsp3) is 0.883. The van der Waals surface area contributed by atoms with Crippen molar-refractivity contribution in [1.29, 1.82) is 0 Å². The highest BCUT2D eigenvalue weighted by Crippen LogP contribution is 2.19. The first-order valence-corrected chi connectivity index (χ1v) is 37.6. The second kappa shape index (κ2) is 68.4. The van der Waals surface area contributed by atoms with E-state index in [2.05, 4.69) is 50.3 Å². The zero-order chi connectivity index (χ0) is 62.6. The van der Waals surface area contributed by atoms with Crippen molar-refractivity contribution < 1.29 is 42.9 Å². The van der Waals surface area contributed by atoms with E-state index in [1.54, 1.807) is 0 Å². The number of nitrogens with zero attached hydrogens (tertiary/aromatic N) is 1. The zero-order valence-corrected chi connectivity index (χ0v) is 58.0. The molecule has 0 heterocycles. The van der Waals surface area contributed by atoms with E-state index < -0.39 is 24.3 Å². The molecular weight excluding hydrogens is 1070 g/mol. The molecule has 0 aromatic rings. The van der Waals surface area contributed by atoms with Crippen LogP contribution in [0.25, 0.3) is 0 Å². The normalized spacial score (nSPS) is 12.8. The number of likely N-dealkylation sites (N-methyl/N-ethyl adjacent to an activating group) is 1. The number of ether oxygens (including phenoxy) is 4. The third kappa shape index (κ3) is 69.0. The number of carbonyl (C=O) groups is 3. The second-order valence-electron chi connectivity index (χ2n) is 27.0. The molecule has 506 valence electrons. The minimum atomic E-state index is -1.62. The largest absolute Gasteiger partial charge is 0.545 e. The Balaban J connectivity index is 3.93. The van der Waals surface area contributed by atoms with Crippen molar-refractivity contribution >= 4 is 17.9 Å². The number of hydrogen-bond acceptors (Lipinski definition) is 8. The summed E-state index contributed by atoms with van der Waals surface area (Å²) in [6.07, 6.45) is 84.0. The van der Waals surface area contributed by atoms with E-state index in [1.165, 1.54) is 302 Å². The molecule has 2 unspecified atom stereocenters. The van der Waals surface area contributed by atoms with Gasteiger partial charge in [0.15, 0.2) is 12.4 Å². The Bertz CT molecular complexity index is 1500. The Kier molecular flexibility index (Phi) is 66.4. The van der Waals surface area contributed by atoms with Crippen molar-refractivity contribution in [3.63, 3.8) is 0 Å². The maximum atomic E-state index is 12.9. The van der Waals surface area contributed by atoms with Crippen LogP contribution in [0.1, 0.15) is 380 Å². The molecule has 0 bridgehead atoms. The van der Waals surface area contributed by atoms with Crippen molar-refractivity contribution in [2.75, 3.05) is 47.5 Å². The zero-order valence-electron chi connectivity index (χ0n) is 58.0. The molecular formula is C77H145NO8. The van der Waals surface area contributed by atoms with Crippen LogP contribution in [0.15, 0.2) is 36.5 Å². The average Bonchev–Trinajstić information content (AvgIpc) is 3.63. The molecule has 0 rings (SSSR count). The fourth-order valence-electron chi connectivity index (χ4n) is 11.4. The SMILES string of the molecule is CCCCCCC/C=C\C/C=C\C/C=C\CCCCCCCCCCCCCCCCCCCCCCCCCCCCC(=O)OC(COC(=O)CCCCCCCCCCCCCCCCCCCCCC)COC(OCC[N+](C)(C)C)C(=O)[O-]. The van der Waals surface area contributed by atoms with Crippen molar-refractivity contribution in [3.8, 4) is 0 Å². The first-order chi connectivity index (χ1) is 42.1. The summed E-state index contributed by atoms with van der Waals surface area (Å²) >= 11 is 0. The summed E-state index contributed by atoms with van der Waals surface area (Å²) in [6, 6.07) is 0. The van der Waals surface area contributed by atoms with E-state index in [9.17, 15) is 19.5 Å². The Morgan fingerprint density at radius 3 is 0.930 bits per heavy atom. The van der Waals surface area contributed by atoms with Gasteiger partial charge in [-0.25, -0.2) is 0 Å². The van der Waals surface area contributed by atoms with Gasteiger partial charge >= 0.3 is 11.9 Å². The molecule has 0 aliphatic carbocycles. The molecule has 0 aliphatic heterocycles. The number of quaternary nitrogens is 1. The summed E-state index contributed by atoms with van der Waals surface area (Å²) in [5, 5.41) is 11.8. The minimum absolute atomic E-state index is 0.152. The quantitative estimate of drug-likeness (QED) is 0.0195. The summed E-state index contributed by atoms with van der Waals surface area (Å²) in [7, 11) is 5.95. The molecule has 0 aromatic carbocycles. The number of unbranched alkanes of at least 4 members (excludes halogenated alkanes) is 50. The number of esters is 2. The number of carboxylic acid groups (broad SMARTS) is 1. The Morgan fingerprint density at radius 2 is 0.628 bits per heavy atom. The number of carbonyl (C=O) groups excluding carboxylic acids is 3. The van der Waals surface area contributed by atoms with Gasteiger partial charge in [0, 0.05) is 12.8 Å². The minimum Gasteiger partial charge on any atom is -0.545 e. The van der Waals surface area contributed by atoms with Crippen molar-refractivity contribution in [1.82, 2.24) is 0 Å². The van der Waals surface area contributed by atoms with Crippen LogP contribution in [-0.2, 0) is 33.3 Å². The summed E-state index contributed by atoms with van der Waals surface area (Å²) in [5.41, 5.74) is 0. The molecule has 0 fully saturated rings. The van der Waals surface area contributed by atoms with Gasteiger partial charge in [-0.15, -0.1) is 0 Å². The number of aliphatic carboxylic acids is 1. The Morgan fingerprint density at radius 1 is 0.349 bits per heavy atom. The maximum Gasteiger partial charge on any atom is 0.306 e. The third-order valence-electron chi connectivity index (χ3n) is 17.1. The lowest BCUT2D eigenvalue weighted by molar-refractivity contribution is -0.870. The predicted octanol–water partition coefficient (Wildman–Crippen LogP) is 22.2. The molecule has 9 heteroatoms. The first-order valence-electron chi connectivity index (χ1n) is 37.6. The lowest BCUT2D eigenvalue weighted by Gasteiger charge is -2.26. The Labute approximate surface area is 534 Å². The van der Waals surface area contributed by atoms with E-state index in [-0.39, 0.29) is 32.2 Å². The molecule has 0 radical (unpaired) electrons. The van der Waals surface area contributed by atoms with E-state index in [1.807, 2.05) is 21.1 Å². The van der Waals surface area contributed by atoms with E-state index in [4.69, 9.17) is 18.9 Å². The second-order valence-corrected chi connectivity index (χ2v) is 27.0.